The lowest BCUT2D eigenvalue weighted by atomic mass is 10.1. The highest BCUT2D eigenvalue weighted by molar-refractivity contribution is 6.07. The van der Waals surface area contributed by atoms with Gasteiger partial charge in [0, 0.05) is 5.69 Å². The zero-order chi connectivity index (χ0) is 17.6. The predicted molar refractivity (Wildman–Crippen MR) is 102 cm³/mol. The molecule has 4 nitrogen and oxygen atoms in total. The summed E-state index contributed by atoms with van der Waals surface area (Å²) in [6, 6.07) is 22.9. The van der Waals surface area contributed by atoms with Crippen molar-refractivity contribution in [1.82, 2.24) is 0 Å². The molecule has 3 rings (SSSR count). The van der Waals surface area contributed by atoms with E-state index in [1.165, 1.54) is 5.56 Å². The van der Waals surface area contributed by atoms with Gasteiger partial charge >= 0.3 is 0 Å². The average Bonchev–Trinajstić information content (AvgIpc) is 2.65. The van der Waals surface area contributed by atoms with Gasteiger partial charge in [0.05, 0.1) is 24.0 Å². The Kier molecular flexibility index (Phi) is 5.00. The van der Waals surface area contributed by atoms with Crippen LogP contribution < -0.4 is 15.4 Å². The van der Waals surface area contributed by atoms with Gasteiger partial charge in [0.25, 0.3) is 5.91 Å². The minimum absolute atomic E-state index is 0.212. The molecular weight excluding hydrogens is 312 g/mol. The summed E-state index contributed by atoms with van der Waals surface area (Å²) < 4.78 is 5.26. The number of carbonyl (C=O) groups excluding carboxylic acids is 1. The van der Waals surface area contributed by atoms with Crippen LogP contribution in [0.5, 0.6) is 5.75 Å². The van der Waals surface area contributed by atoms with E-state index in [9.17, 15) is 4.79 Å². The molecule has 0 radical (unpaired) electrons. The van der Waals surface area contributed by atoms with Crippen LogP contribution in [0.1, 0.15) is 15.9 Å². The normalized spacial score (nSPS) is 10.2. The molecule has 1 amide bonds. The number of ether oxygens (including phenoxy) is 1. The van der Waals surface area contributed by atoms with Gasteiger partial charge in [-0.2, -0.15) is 0 Å². The fraction of sp³-hybridized carbons (Fsp3) is 0.0952. The Hall–Kier alpha value is -3.27. The fourth-order valence-corrected chi connectivity index (χ4v) is 2.52. The number of methoxy groups -OCH3 is 1. The van der Waals surface area contributed by atoms with E-state index in [0.29, 0.717) is 17.0 Å². The quantitative estimate of drug-likeness (QED) is 0.691. The molecule has 0 aromatic heterocycles. The summed E-state index contributed by atoms with van der Waals surface area (Å²) in [6.07, 6.45) is 0. The molecule has 25 heavy (non-hydrogen) atoms. The van der Waals surface area contributed by atoms with Gasteiger partial charge in [0.1, 0.15) is 5.75 Å². The number of para-hydroxylation sites is 3. The molecule has 0 aliphatic rings. The maximum atomic E-state index is 12.6. The highest BCUT2D eigenvalue weighted by Crippen LogP contribution is 2.27. The second-order valence-corrected chi connectivity index (χ2v) is 5.69. The molecule has 3 aromatic rings. The third kappa shape index (κ3) is 3.98. The number of carbonyl (C=O) groups is 1. The van der Waals surface area contributed by atoms with E-state index in [-0.39, 0.29) is 5.91 Å². The molecule has 0 spiro atoms. The van der Waals surface area contributed by atoms with Gasteiger partial charge < -0.3 is 15.4 Å². The topological polar surface area (TPSA) is 50.4 Å². The summed E-state index contributed by atoms with van der Waals surface area (Å²) in [4.78, 5) is 12.6. The van der Waals surface area contributed by atoms with Crippen molar-refractivity contribution in [3.8, 4) is 5.75 Å². The number of amides is 1. The molecule has 0 bridgehead atoms. The smallest absolute Gasteiger partial charge is 0.259 e. The van der Waals surface area contributed by atoms with Gasteiger partial charge in [-0.25, -0.2) is 0 Å². The van der Waals surface area contributed by atoms with Crippen LogP contribution in [0.2, 0.25) is 0 Å². The zero-order valence-corrected chi connectivity index (χ0v) is 14.2. The first-order valence-corrected chi connectivity index (χ1v) is 8.04. The first kappa shape index (κ1) is 16.6. The van der Waals surface area contributed by atoms with E-state index in [1.807, 2.05) is 67.6 Å². The number of aryl methyl sites for hydroxylation is 1. The van der Waals surface area contributed by atoms with Crippen molar-refractivity contribution < 1.29 is 9.53 Å². The molecule has 0 atom stereocenters. The fourth-order valence-electron chi connectivity index (χ4n) is 2.52. The van der Waals surface area contributed by atoms with Crippen LogP contribution in [-0.4, -0.2) is 13.0 Å². The van der Waals surface area contributed by atoms with E-state index < -0.39 is 0 Å². The Labute approximate surface area is 147 Å². The Morgan fingerprint density at radius 2 is 1.48 bits per heavy atom. The molecule has 4 heteroatoms. The van der Waals surface area contributed by atoms with Crippen LogP contribution in [0, 0.1) is 6.92 Å². The summed E-state index contributed by atoms with van der Waals surface area (Å²) in [5.74, 6) is 0.333. The van der Waals surface area contributed by atoms with Crippen molar-refractivity contribution in [2.75, 3.05) is 17.7 Å². The number of hydrogen-bond donors (Lipinski definition) is 2. The maximum Gasteiger partial charge on any atom is 0.259 e. The van der Waals surface area contributed by atoms with Crippen LogP contribution in [0.25, 0.3) is 0 Å². The van der Waals surface area contributed by atoms with Gasteiger partial charge in [0.15, 0.2) is 0 Å². The SMILES string of the molecule is COc1ccccc1C(=O)Nc1ccccc1Nc1ccc(C)cc1. The molecule has 0 heterocycles. The lowest BCUT2D eigenvalue weighted by Crippen LogP contribution is -2.14. The van der Waals surface area contributed by atoms with Crippen molar-refractivity contribution in [3.05, 3.63) is 83.9 Å². The minimum atomic E-state index is -0.212. The van der Waals surface area contributed by atoms with Crippen LogP contribution in [0.15, 0.2) is 72.8 Å². The molecule has 0 saturated carbocycles. The number of benzene rings is 3. The first-order valence-electron chi connectivity index (χ1n) is 8.04. The zero-order valence-electron chi connectivity index (χ0n) is 14.2. The Morgan fingerprint density at radius 1 is 0.840 bits per heavy atom. The van der Waals surface area contributed by atoms with Crippen molar-refractivity contribution in [1.29, 1.82) is 0 Å². The van der Waals surface area contributed by atoms with Gasteiger partial charge in [-0.05, 0) is 43.3 Å². The second kappa shape index (κ2) is 7.53. The number of anilines is 3. The summed E-state index contributed by atoms with van der Waals surface area (Å²) in [5, 5.41) is 6.29. The van der Waals surface area contributed by atoms with E-state index in [4.69, 9.17) is 4.74 Å². The van der Waals surface area contributed by atoms with E-state index in [1.54, 1.807) is 19.2 Å². The molecule has 0 fully saturated rings. The van der Waals surface area contributed by atoms with Gasteiger partial charge in [-0.15, -0.1) is 0 Å². The Bertz CT molecular complexity index is 873. The third-order valence-corrected chi connectivity index (χ3v) is 3.86. The number of nitrogens with one attached hydrogen (secondary N) is 2. The Balaban J connectivity index is 1.83. The number of hydrogen-bond acceptors (Lipinski definition) is 3. The monoisotopic (exact) mass is 332 g/mol. The second-order valence-electron chi connectivity index (χ2n) is 5.69. The van der Waals surface area contributed by atoms with Crippen molar-refractivity contribution in [2.45, 2.75) is 6.92 Å². The maximum absolute atomic E-state index is 12.6. The van der Waals surface area contributed by atoms with Gasteiger partial charge in [-0.1, -0.05) is 42.0 Å². The van der Waals surface area contributed by atoms with Crippen molar-refractivity contribution >= 4 is 23.0 Å². The highest BCUT2D eigenvalue weighted by atomic mass is 16.5. The average molecular weight is 332 g/mol. The van der Waals surface area contributed by atoms with E-state index in [0.717, 1.165) is 11.4 Å². The van der Waals surface area contributed by atoms with Gasteiger partial charge in [0.2, 0.25) is 0 Å². The van der Waals surface area contributed by atoms with E-state index in [2.05, 4.69) is 10.6 Å². The molecule has 3 aromatic carbocycles. The van der Waals surface area contributed by atoms with Gasteiger partial charge in [-0.3, -0.25) is 4.79 Å². The molecule has 0 saturated heterocycles. The summed E-state index contributed by atoms with van der Waals surface area (Å²) in [7, 11) is 1.55. The molecule has 0 aliphatic carbocycles. The van der Waals surface area contributed by atoms with Crippen molar-refractivity contribution in [2.24, 2.45) is 0 Å². The van der Waals surface area contributed by atoms with Crippen molar-refractivity contribution in [3.63, 3.8) is 0 Å². The molecule has 2 N–H and O–H groups in total. The summed E-state index contributed by atoms with van der Waals surface area (Å²) in [5.41, 5.74) is 4.19. The van der Waals surface area contributed by atoms with E-state index >= 15 is 0 Å². The lowest BCUT2D eigenvalue weighted by Gasteiger charge is -2.14. The van der Waals surface area contributed by atoms with Crippen LogP contribution in [0.3, 0.4) is 0 Å². The molecular formula is C21H20N2O2. The molecule has 0 aliphatic heterocycles. The van der Waals surface area contributed by atoms with Crippen LogP contribution in [-0.2, 0) is 0 Å². The summed E-state index contributed by atoms with van der Waals surface area (Å²) >= 11 is 0. The lowest BCUT2D eigenvalue weighted by molar-refractivity contribution is 0.102. The first-order chi connectivity index (χ1) is 12.2. The molecule has 0 unspecified atom stereocenters. The standard InChI is InChI=1S/C21H20N2O2/c1-15-11-13-16(14-12-15)22-18-8-4-5-9-19(18)23-21(24)17-7-3-6-10-20(17)25-2/h3-14,22H,1-2H3,(H,23,24). The van der Waals surface area contributed by atoms with Crippen LogP contribution in [0.4, 0.5) is 17.1 Å². The minimum Gasteiger partial charge on any atom is -0.496 e. The molecule has 126 valence electrons. The number of rotatable bonds is 5. The predicted octanol–water partition coefficient (Wildman–Crippen LogP) is 5.00. The highest BCUT2D eigenvalue weighted by Gasteiger charge is 2.13. The Morgan fingerprint density at radius 3 is 2.20 bits per heavy atom. The summed E-state index contributed by atoms with van der Waals surface area (Å²) in [6.45, 7) is 2.05. The largest absolute Gasteiger partial charge is 0.496 e. The van der Waals surface area contributed by atoms with Crippen LogP contribution >= 0.6 is 0 Å². The third-order valence-electron chi connectivity index (χ3n) is 3.86.